The van der Waals surface area contributed by atoms with Crippen molar-refractivity contribution in [3.8, 4) is 0 Å². The second kappa shape index (κ2) is 11.4. The Morgan fingerprint density at radius 1 is 1.03 bits per heavy atom. The molecule has 0 aliphatic heterocycles. The number of carbonyl (C=O) groups is 2. The lowest BCUT2D eigenvalue weighted by Crippen LogP contribution is -2.53. The number of benzene rings is 2. The number of nitrogens with zero attached hydrogens (tertiary/aromatic N) is 3. The van der Waals surface area contributed by atoms with Gasteiger partial charge in [-0.1, -0.05) is 42.0 Å². The molecule has 2 aromatic rings. The smallest absolute Gasteiger partial charge is 0.304 e. The first kappa shape index (κ1) is 27.3. The van der Waals surface area contributed by atoms with Crippen LogP contribution in [0, 0.1) is 12.7 Å². The summed E-state index contributed by atoms with van der Waals surface area (Å²) in [6.45, 7) is 6.52. The fraction of sp³-hybridized carbons (Fsp3) is 0.417. The van der Waals surface area contributed by atoms with E-state index in [0.29, 0.717) is 0 Å². The van der Waals surface area contributed by atoms with E-state index >= 15 is 0 Å². The summed E-state index contributed by atoms with van der Waals surface area (Å²) in [5.74, 6) is -1.79. The molecule has 0 aromatic heterocycles. The summed E-state index contributed by atoms with van der Waals surface area (Å²) < 4.78 is 42.3. The Labute approximate surface area is 201 Å². The Balaban J connectivity index is 2.48. The van der Waals surface area contributed by atoms with Gasteiger partial charge in [-0.3, -0.25) is 9.59 Å². The average molecular weight is 493 g/mol. The minimum atomic E-state index is -4.21. The maximum atomic E-state index is 14.6. The predicted molar refractivity (Wildman–Crippen MR) is 131 cm³/mol. The van der Waals surface area contributed by atoms with Crippen LogP contribution in [0.3, 0.4) is 0 Å². The van der Waals surface area contributed by atoms with Crippen LogP contribution in [0.5, 0.6) is 0 Å². The third kappa shape index (κ3) is 6.77. The van der Waals surface area contributed by atoms with Crippen LogP contribution in [0.4, 0.5) is 10.1 Å². The van der Waals surface area contributed by atoms with Crippen LogP contribution in [0.1, 0.15) is 31.9 Å². The summed E-state index contributed by atoms with van der Waals surface area (Å²) in [6, 6.07) is 11.8. The molecule has 0 fully saturated rings. The molecule has 0 bridgehead atoms. The van der Waals surface area contributed by atoms with Crippen molar-refractivity contribution in [3.63, 3.8) is 0 Å². The fourth-order valence-corrected chi connectivity index (χ4v) is 4.42. The molecule has 0 saturated carbocycles. The number of hydrogen-bond acceptors (Lipinski definition) is 4. The lowest BCUT2D eigenvalue weighted by atomic mass is 10.1. The van der Waals surface area contributed by atoms with Gasteiger partial charge in [0, 0.05) is 26.7 Å². The van der Waals surface area contributed by atoms with Crippen LogP contribution in [-0.4, -0.2) is 62.2 Å². The van der Waals surface area contributed by atoms with Gasteiger partial charge in [-0.05, 0) is 45.4 Å². The minimum Gasteiger partial charge on any atom is -0.352 e. The Kier molecular flexibility index (Phi) is 9.17. The lowest BCUT2D eigenvalue weighted by molar-refractivity contribution is -0.139. The first-order valence-electron chi connectivity index (χ1n) is 10.9. The van der Waals surface area contributed by atoms with Crippen LogP contribution < -0.4 is 9.62 Å². The van der Waals surface area contributed by atoms with Crippen LogP contribution in [0.2, 0.25) is 0 Å². The first-order valence-corrected chi connectivity index (χ1v) is 12.3. The fourth-order valence-electron chi connectivity index (χ4n) is 3.35. The molecule has 34 heavy (non-hydrogen) atoms. The molecule has 1 N–H and O–H groups in total. The van der Waals surface area contributed by atoms with Crippen molar-refractivity contribution in [2.45, 2.75) is 46.3 Å². The number of para-hydroxylation sites is 1. The van der Waals surface area contributed by atoms with Gasteiger partial charge in [-0.15, -0.1) is 0 Å². The molecule has 2 aromatic carbocycles. The number of nitrogens with one attached hydrogen (secondary N) is 1. The molecule has 1 atom stereocenters. The van der Waals surface area contributed by atoms with Crippen molar-refractivity contribution in [3.05, 3.63) is 65.5 Å². The number of anilines is 1. The molecule has 186 valence electrons. The highest BCUT2D eigenvalue weighted by Gasteiger charge is 2.33. The zero-order chi connectivity index (χ0) is 25.6. The quantitative estimate of drug-likeness (QED) is 0.552. The van der Waals surface area contributed by atoms with Crippen molar-refractivity contribution in [1.82, 2.24) is 14.5 Å². The Bertz CT molecular complexity index is 1120. The van der Waals surface area contributed by atoms with Crippen LogP contribution in [-0.2, 0) is 26.3 Å². The van der Waals surface area contributed by atoms with Crippen molar-refractivity contribution in [1.29, 1.82) is 0 Å². The summed E-state index contributed by atoms with van der Waals surface area (Å²) in [5, 5.41) is 2.78. The molecule has 10 heteroatoms. The maximum Gasteiger partial charge on any atom is 0.304 e. The molecular formula is C24H33FN4O4S. The Morgan fingerprint density at radius 2 is 1.68 bits per heavy atom. The number of aryl methyl sites for hydroxylation is 1. The van der Waals surface area contributed by atoms with Gasteiger partial charge in [0.15, 0.2) is 0 Å². The van der Waals surface area contributed by atoms with Gasteiger partial charge in [-0.25, -0.2) is 8.70 Å². The zero-order valence-electron chi connectivity index (χ0n) is 20.4. The van der Waals surface area contributed by atoms with Crippen molar-refractivity contribution < 1.29 is 22.4 Å². The van der Waals surface area contributed by atoms with Gasteiger partial charge in [0.2, 0.25) is 11.8 Å². The molecule has 8 nitrogen and oxygen atoms in total. The summed E-state index contributed by atoms with van der Waals surface area (Å²) in [6.07, 6.45) is 0. The molecule has 0 aliphatic rings. The number of hydrogen-bond donors (Lipinski definition) is 1. The zero-order valence-corrected chi connectivity index (χ0v) is 21.3. The Hall–Kier alpha value is -2.98. The second-order valence-corrected chi connectivity index (χ2v) is 10.7. The van der Waals surface area contributed by atoms with E-state index in [4.69, 9.17) is 0 Å². The van der Waals surface area contributed by atoms with Gasteiger partial charge < -0.3 is 10.2 Å². The topological polar surface area (TPSA) is 90.0 Å². The summed E-state index contributed by atoms with van der Waals surface area (Å²) >= 11 is 0. The average Bonchev–Trinajstić information content (AvgIpc) is 2.75. The first-order chi connectivity index (χ1) is 15.8. The van der Waals surface area contributed by atoms with E-state index < -0.39 is 34.5 Å². The van der Waals surface area contributed by atoms with Gasteiger partial charge in [0.05, 0.1) is 5.69 Å². The highest BCUT2D eigenvalue weighted by atomic mass is 32.2. The van der Waals surface area contributed by atoms with E-state index in [1.54, 1.807) is 20.8 Å². The Morgan fingerprint density at radius 3 is 2.24 bits per heavy atom. The van der Waals surface area contributed by atoms with Crippen molar-refractivity contribution in [2.24, 2.45) is 0 Å². The largest absolute Gasteiger partial charge is 0.352 e. The van der Waals surface area contributed by atoms with Gasteiger partial charge in [-0.2, -0.15) is 12.7 Å². The monoisotopic (exact) mass is 492 g/mol. The van der Waals surface area contributed by atoms with Crippen LogP contribution in [0.15, 0.2) is 48.5 Å². The number of amides is 2. The number of rotatable bonds is 10. The third-order valence-corrected chi connectivity index (χ3v) is 6.98. The van der Waals surface area contributed by atoms with Crippen molar-refractivity contribution in [2.75, 3.05) is 24.9 Å². The minimum absolute atomic E-state index is 0.0836. The third-order valence-electron chi connectivity index (χ3n) is 5.17. The molecule has 2 rings (SSSR count). The van der Waals surface area contributed by atoms with E-state index in [-0.39, 0.29) is 24.2 Å². The van der Waals surface area contributed by atoms with E-state index in [1.165, 1.54) is 37.2 Å². The number of carbonyl (C=O) groups excluding carboxylic acids is 2. The highest BCUT2D eigenvalue weighted by Crippen LogP contribution is 2.24. The summed E-state index contributed by atoms with van der Waals surface area (Å²) in [7, 11) is -1.60. The molecule has 0 saturated heterocycles. The molecule has 0 heterocycles. The summed E-state index contributed by atoms with van der Waals surface area (Å²) in [5.41, 5.74) is 1.51. The van der Waals surface area contributed by atoms with E-state index in [9.17, 15) is 22.4 Å². The normalized spacial score (nSPS) is 12.5. The van der Waals surface area contributed by atoms with Gasteiger partial charge >= 0.3 is 10.2 Å². The van der Waals surface area contributed by atoms with E-state index in [0.717, 1.165) is 25.8 Å². The second-order valence-electron chi connectivity index (χ2n) is 8.60. The van der Waals surface area contributed by atoms with E-state index in [1.807, 2.05) is 31.2 Å². The molecule has 0 radical (unpaired) electrons. The van der Waals surface area contributed by atoms with Gasteiger partial charge in [0.25, 0.3) is 0 Å². The van der Waals surface area contributed by atoms with Gasteiger partial charge in [0.1, 0.15) is 18.4 Å². The predicted octanol–water partition coefficient (Wildman–Crippen LogP) is 2.69. The highest BCUT2D eigenvalue weighted by molar-refractivity contribution is 7.90. The molecule has 2 amide bonds. The number of halogens is 1. The maximum absolute atomic E-state index is 14.6. The standard InChI is InChI=1S/C24H33FN4O4S/c1-17(2)26-24(31)19(4)28(15-20-11-9-10-18(3)14-20)23(30)16-29(34(32,33)27(5)6)22-13-8-7-12-21(22)25/h7-14,17,19H,15-16H2,1-6H3,(H,26,31). The molecule has 0 spiro atoms. The summed E-state index contributed by atoms with van der Waals surface area (Å²) in [4.78, 5) is 27.6. The van der Waals surface area contributed by atoms with E-state index in [2.05, 4.69) is 5.32 Å². The molecule has 0 aliphatic carbocycles. The van der Waals surface area contributed by atoms with Crippen LogP contribution in [0.25, 0.3) is 0 Å². The van der Waals surface area contributed by atoms with Crippen molar-refractivity contribution >= 4 is 27.7 Å². The van der Waals surface area contributed by atoms with Crippen LogP contribution >= 0.6 is 0 Å². The lowest BCUT2D eigenvalue weighted by Gasteiger charge is -2.33. The molecule has 1 unspecified atom stereocenters. The SMILES string of the molecule is Cc1cccc(CN(C(=O)CN(c2ccccc2F)S(=O)(=O)N(C)C)C(C)C(=O)NC(C)C)c1. The molecular weight excluding hydrogens is 459 g/mol.